The number of nitrogens with one attached hydrogen (secondary N) is 2. The lowest BCUT2D eigenvalue weighted by Crippen LogP contribution is -2.23. The van der Waals surface area contributed by atoms with Crippen molar-refractivity contribution in [2.75, 3.05) is 15.8 Å². The molecule has 208 valence electrons. The van der Waals surface area contributed by atoms with Crippen molar-refractivity contribution < 1.29 is 13.2 Å². The van der Waals surface area contributed by atoms with Gasteiger partial charge in [-0.25, -0.2) is 13.4 Å². The van der Waals surface area contributed by atoms with Gasteiger partial charge in [0.1, 0.15) is 33.6 Å². The first-order chi connectivity index (χ1) is 19.6. The number of carbonyl (C=O) groups excluding carboxylic acids is 1. The summed E-state index contributed by atoms with van der Waals surface area (Å²) in [6.45, 7) is 5.38. The van der Waals surface area contributed by atoms with Gasteiger partial charge in [0.05, 0.1) is 15.7 Å². The molecule has 0 aliphatic heterocycles. The summed E-state index contributed by atoms with van der Waals surface area (Å²) in [5, 5.41) is 30.3. The number of sulfonamides is 1. The molecule has 14 heteroatoms. The molecule has 4 rings (SSSR count). The third kappa shape index (κ3) is 6.63. The maximum Gasteiger partial charge on any atom is 0.263 e. The van der Waals surface area contributed by atoms with Crippen LogP contribution in [0.2, 0.25) is 0 Å². The molecule has 2 aromatic heterocycles. The highest BCUT2D eigenvalue weighted by Crippen LogP contribution is 2.37. The summed E-state index contributed by atoms with van der Waals surface area (Å²) in [5.74, 6) is -0.444. The normalized spacial score (nSPS) is 11.7. The second-order valence-electron chi connectivity index (χ2n) is 8.71. The highest BCUT2D eigenvalue weighted by molar-refractivity contribution is 8.00. The molecule has 0 bridgehead atoms. The first kappa shape index (κ1) is 29.5. The number of thioether (sulfide) groups is 1. The molecule has 0 saturated heterocycles. The summed E-state index contributed by atoms with van der Waals surface area (Å²) in [5.41, 5.74) is 8.84. The lowest BCUT2D eigenvalue weighted by molar-refractivity contribution is -0.115. The highest BCUT2D eigenvalue weighted by Gasteiger charge is 2.24. The summed E-state index contributed by atoms with van der Waals surface area (Å²) in [4.78, 5) is 17.3. The van der Waals surface area contributed by atoms with Crippen LogP contribution in [-0.4, -0.2) is 34.8 Å². The molecule has 41 heavy (non-hydrogen) atoms. The maximum atomic E-state index is 13.0. The second kappa shape index (κ2) is 12.3. The number of carbonyl (C=O) groups is 1. The van der Waals surface area contributed by atoms with E-state index in [1.807, 2.05) is 31.2 Å². The van der Waals surface area contributed by atoms with Gasteiger partial charge in [0.2, 0.25) is 11.0 Å². The van der Waals surface area contributed by atoms with Crippen LogP contribution in [0.4, 0.5) is 16.6 Å². The number of nitriles is 2. The molecule has 1 unspecified atom stereocenters. The summed E-state index contributed by atoms with van der Waals surface area (Å²) in [7, 11) is -3.88. The van der Waals surface area contributed by atoms with Gasteiger partial charge in [0.25, 0.3) is 10.0 Å². The van der Waals surface area contributed by atoms with E-state index in [2.05, 4.69) is 37.4 Å². The number of nitrogens with zero attached hydrogens (tertiary/aromatic N) is 5. The zero-order valence-electron chi connectivity index (χ0n) is 22.2. The summed E-state index contributed by atoms with van der Waals surface area (Å²) in [6, 6.07) is 17.3. The standard InChI is InChI=1S/C27H24N8O3S3/c1-4-17-5-7-18(8-6-17)23-21(13-28)24(30)32-26(22(23)14-29)39-15(2)25(36)31-19-9-11-20(12-10-19)41(37,38)35-27-34-33-16(3)40-27/h5-12,15H,4H2,1-3H3,(H2,30,32)(H,31,36)(H,34,35). The molecule has 0 spiro atoms. The molecule has 1 amide bonds. The number of nitrogens with two attached hydrogens (primary N) is 1. The Hall–Kier alpha value is -4.50. The Labute approximate surface area is 245 Å². The van der Waals surface area contributed by atoms with E-state index in [4.69, 9.17) is 5.73 Å². The molecule has 0 saturated carbocycles. The van der Waals surface area contributed by atoms with Crippen molar-refractivity contribution in [3.63, 3.8) is 0 Å². The van der Waals surface area contributed by atoms with Crippen LogP contribution in [0.5, 0.6) is 0 Å². The van der Waals surface area contributed by atoms with Crippen molar-refractivity contribution >= 4 is 55.7 Å². The molecule has 0 radical (unpaired) electrons. The Bertz CT molecular complexity index is 1790. The minimum atomic E-state index is -3.88. The van der Waals surface area contributed by atoms with Gasteiger partial charge in [0, 0.05) is 11.3 Å². The van der Waals surface area contributed by atoms with Crippen molar-refractivity contribution in [2.45, 2.75) is 42.4 Å². The van der Waals surface area contributed by atoms with Gasteiger partial charge >= 0.3 is 0 Å². The van der Waals surface area contributed by atoms with Crippen LogP contribution in [0.15, 0.2) is 58.5 Å². The van der Waals surface area contributed by atoms with Crippen LogP contribution in [0.1, 0.15) is 35.5 Å². The molecule has 4 aromatic rings. The number of hydrogen-bond acceptors (Lipinski definition) is 11. The van der Waals surface area contributed by atoms with Crippen LogP contribution in [0.3, 0.4) is 0 Å². The quantitative estimate of drug-likeness (QED) is 0.226. The fourth-order valence-corrected chi connectivity index (χ4v) is 6.51. The number of aromatic nitrogens is 3. The topological polar surface area (TPSA) is 188 Å². The van der Waals surface area contributed by atoms with E-state index in [9.17, 15) is 23.7 Å². The second-order valence-corrected chi connectivity index (χ2v) is 12.9. The van der Waals surface area contributed by atoms with Crippen LogP contribution >= 0.6 is 23.1 Å². The van der Waals surface area contributed by atoms with E-state index in [0.29, 0.717) is 21.8 Å². The minimum Gasteiger partial charge on any atom is -0.383 e. The first-order valence-electron chi connectivity index (χ1n) is 12.2. The first-order valence-corrected chi connectivity index (χ1v) is 15.4. The van der Waals surface area contributed by atoms with E-state index in [1.54, 1.807) is 13.8 Å². The third-order valence-electron chi connectivity index (χ3n) is 5.90. The van der Waals surface area contributed by atoms with Gasteiger partial charge in [0.15, 0.2) is 0 Å². The number of pyridine rings is 1. The molecule has 4 N–H and O–H groups in total. The highest BCUT2D eigenvalue weighted by atomic mass is 32.2. The third-order valence-corrected chi connectivity index (χ3v) is 9.23. The molecular weight excluding hydrogens is 581 g/mol. The Morgan fingerprint density at radius 1 is 1.07 bits per heavy atom. The SMILES string of the molecule is CCc1ccc(-c2c(C#N)c(N)nc(SC(C)C(=O)Nc3ccc(S(=O)(=O)Nc4nnc(C)s4)cc3)c2C#N)cc1. The number of anilines is 3. The number of amides is 1. The molecule has 2 heterocycles. The molecule has 11 nitrogen and oxygen atoms in total. The van der Waals surface area contributed by atoms with E-state index in [0.717, 1.165) is 35.1 Å². The Morgan fingerprint density at radius 2 is 1.73 bits per heavy atom. The average Bonchev–Trinajstić information content (AvgIpc) is 3.36. The van der Waals surface area contributed by atoms with Gasteiger partial charge in [-0.15, -0.1) is 10.2 Å². The van der Waals surface area contributed by atoms with Crippen LogP contribution in [-0.2, 0) is 21.2 Å². The van der Waals surface area contributed by atoms with Gasteiger partial charge in [-0.1, -0.05) is 54.3 Å². The van der Waals surface area contributed by atoms with E-state index in [-0.39, 0.29) is 32.0 Å². The summed E-state index contributed by atoms with van der Waals surface area (Å²) < 4.78 is 27.6. The van der Waals surface area contributed by atoms with E-state index < -0.39 is 21.2 Å². The molecule has 0 aliphatic carbocycles. The maximum absolute atomic E-state index is 13.0. The van der Waals surface area contributed by atoms with Gasteiger partial charge in [-0.05, 0) is 55.7 Å². The number of hydrogen-bond donors (Lipinski definition) is 3. The van der Waals surface area contributed by atoms with Gasteiger partial charge in [-0.2, -0.15) is 10.5 Å². The van der Waals surface area contributed by atoms with Crippen molar-refractivity contribution in [3.05, 3.63) is 70.2 Å². The number of benzene rings is 2. The number of nitrogen functional groups attached to an aromatic ring is 1. The largest absolute Gasteiger partial charge is 0.383 e. The lowest BCUT2D eigenvalue weighted by atomic mass is 9.96. The predicted octanol–water partition coefficient (Wildman–Crippen LogP) is 4.72. The zero-order valence-corrected chi connectivity index (χ0v) is 24.6. The van der Waals surface area contributed by atoms with Gasteiger partial charge < -0.3 is 11.1 Å². The van der Waals surface area contributed by atoms with Gasteiger partial charge in [-0.3, -0.25) is 9.52 Å². The Balaban J connectivity index is 1.53. The molecule has 1 atom stereocenters. The van der Waals surface area contributed by atoms with Crippen molar-refractivity contribution in [2.24, 2.45) is 0 Å². The number of rotatable bonds is 9. The Kier molecular flexibility index (Phi) is 8.88. The smallest absolute Gasteiger partial charge is 0.263 e. The molecular formula is C27H24N8O3S3. The fourth-order valence-electron chi connectivity index (χ4n) is 3.77. The van der Waals surface area contributed by atoms with Crippen LogP contribution in [0, 0.1) is 29.6 Å². The monoisotopic (exact) mass is 604 g/mol. The van der Waals surface area contributed by atoms with Crippen molar-refractivity contribution in [1.29, 1.82) is 10.5 Å². The summed E-state index contributed by atoms with van der Waals surface area (Å²) >= 11 is 2.14. The fraction of sp³-hybridized carbons (Fsp3) is 0.185. The Morgan fingerprint density at radius 3 is 2.29 bits per heavy atom. The van der Waals surface area contributed by atoms with Crippen LogP contribution < -0.4 is 15.8 Å². The number of aryl methyl sites for hydroxylation is 2. The lowest BCUT2D eigenvalue weighted by Gasteiger charge is -2.16. The van der Waals surface area contributed by atoms with E-state index >= 15 is 0 Å². The van der Waals surface area contributed by atoms with Crippen LogP contribution in [0.25, 0.3) is 11.1 Å². The predicted molar refractivity (Wildman–Crippen MR) is 159 cm³/mol. The van der Waals surface area contributed by atoms with Crippen molar-refractivity contribution in [1.82, 2.24) is 15.2 Å². The minimum absolute atomic E-state index is 0.0128. The average molecular weight is 605 g/mol. The molecule has 0 fully saturated rings. The molecule has 0 aliphatic rings. The van der Waals surface area contributed by atoms with Crippen molar-refractivity contribution in [3.8, 4) is 23.3 Å². The molecule has 2 aromatic carbocycles. The van der Waals surface area contributed by atoms with E-state index in [1.165, 1.54) is 24.3 Å². The zero-order chi connectivity index (χ0) is 29.7. The summed E-state index contributed by atoms with van der Waals surface area (Å²) in [6.07, 6.45) is 0.836.